The van der Waals surface area contributed by atoms with Crippen LogP contribution < -0.4 is 0 Å². The molecule has 108 valence electrons. The number of para-hydroxylation sites is 1. The Morgan fingerprint density at radius 1 is 1.40 bits per heavy atom. The second-order valence-electron chi connectivity index (χ2n) is 5.59. The summed E-state index contributed by atoms with van der Waals surface area (Å²) in [7, 11) is -3.25. The molecule has 1 aliphatic carbocycles. The van der Waals surface area contributed by atoms with E-state index in [-0.39, 0.29) is 0 Å². The lowest BCUT2D eigenvalue weighted by atomic mass is 9.83. The number of hydrogen-bond donors (Lipinski definition) is 1. The molecular formula is C14H18N2O2S2. The quantitative estimate of drug-likeness (QED) is 0.882. The highest BCUT2D eigenvalue weighted by Gasteiger charge is 2.19. The highest BCUT2D eigenvalue weighted by atomic mass is 32.2. The maximum absolute atomic E-state index is 11.8. The van der Waals surface area contributed by atoms with Gasteiger partial charge < -0.3 is 9.55 Å². The molecule has 1 heterocycles. The van der Waals surface area contributed by atoms with E-state index in [0.717, 1.165) is 24.4 Å². The molecule has 0 unspecified atom stereocenters. The van der Waals surface area contributed by atoms with Crippen molar-refractivity contribution < 1.29 is 8.42 Å². The number of hydrogen-bond acceptors (Lipinski definition) is 3. The molecule has 1 saturated carbocycles. The fourth-order valence-electron chi connectivity index (χ4n) is 2.78. The molecule has 0 aliphatic heterocycles. The van der Waals surface area contributed by atoms with Crippen LogP contribution >= 0.6 is 12.2 Å². The fraction of sp³-hybridized carbons (Fsp3) is 0.500. The minimum atomic E-state index is -3.25. The first-order chi connectivity index (χ1) is 9.47. The Morgan fingerprint density at radius 3 is 2.75 bits per heavy atom. The van der Waals surface area contributed by atoms with E-state index in [1.807, 2.05) is 10.6 Å². The summed E-state index contributed by atoms with van der Waals surface area (Å²) in [5.74, 6) is 0.806. The number of aromatic amines is 1. The van der Waals surface area contributed by atoms with Gasteiger partial charge in [-0.15, -0.1) is 0 Å². The van der Waals surface area contributed by atoms with E-state index in [1.54, 1.807) is 12.1 Å². The van der Waals surface area contributed by atoms with Gasteiger partial charge in [0.1, 0.15) is 0 Å². The second kappa shape index (κ2) is 5.00. The molecule has 6 heteroatoms. The summed E-state index contributed by atoms with van der Waals surface area (Å²) in [5.41, 5.74) is 1.52. The van der Waals surface area contributed by atoms with Crippen LogP contribution in [0.2, 0.25) is 0 Å². The van der Waals surface area contributed by atoms with Crippen molar-refractivity contribution in [3.8, 4) is 0 Å². The van der Waals surface area contributed by atoms with Crippen molar-refractivity contribution in [2.24, 2.45) is 5.92 Å². The van der Waals surface area contributed by atoms with Crippen LogP contribution in [0.15, 0.2) is 23.1 Å². The molecule has 1 N–H and O–H groups in total. The van der Waals surface area contributed by atoms with Crippen LogP contribution in [-0.4, -0.2) is 24.2 Å². The molecule has 1 fully saturated rings. The Bertz CT molecular complexity index is 798. The van der Waals surface area contributed by atoms with Crippen LogP contribution in [0.25, 0.3) is 11.0 Å². The zero-order valence-electron chi connectivity index (χ0n) is 11.4. The van der Waals surface area contributed by atoms with E-state index in [1.165, 1.54) is 25.5 Å². The molecule has 0 amide bonds. The molecule has 3 rings (SSSR count). The number of aryl methyl sites for hydroxylation is 1. The number of H-pyrrole nitrogens is 1. The van der Waals surface area contributed by atoms with Crippen molar-refractivity contribution >= 4 is 33.1 Å². The molecule has 1 aromatic heterocycles. The Morgan fingerprint density at radius 2 is 2.15 bits per heavy atom. The fourth-order valence-corrected chi connectivity index (χ4v) is 3.92. The lowest BCUT2D eigenvalue weighted by molar-refractivity contribution is 0.283. The SMILES string of the molecule is CS(=O)(=O)c1cccc2c1[nH]c(=S)n2CCC1CCC1. The summed E-state index contributed by atoms with van der Waals surface area (Å²) in [5, 5.41) is 0. The topological polar surface area (TPSA) is 54.9 Å². The zero-order chi connectivity index (χ0) is 14.3. The second-order valence-corrected chi connectivity index (χ2v) is 7.96. The summed E-state index contributed by atoms with van der Waals surface area (Å²) in [6.45, 7) is 0.858. The number of nitrogens with one attached hydrogen (secondary N) is 1. The summed E-state index contributed by atoms with van der Waals surface area (Å²) in [6.07, 6.45) is 6.30. The average Bonchev–Trinajstić information content (AvgIpc) is 2.62. The largest absolute Gasteiger partial charge is 0.329 e. The van der Waals surface area contributed by atoms with Crippen molar-refractivity contribution in [2.45, 2.75) is 37.1 Å². The lowest BCUT2D eigenvalue weighted by Gasteiger charge is -2.25. The first kappa shape index (κ1) is 13.8. The minimum absolute atomic E-state index is 0.323. The van der Waals surface area contributed by atoms with Crippen molar-refractivity contribution in [2.75, 3.05) is 6.26 Å². The first-order valence-electron chi connectivity index (χ1n) is 6.88. The lowest BCUT2D eigenvalue weighted by Crippen LogP contribution is -2.13. The highest BCUT2D eigenvalue weighted by molar-refractivity contribution is 7.91. The van der Waals surface area contributed by atoms with Crippen molar-refractivity contribution in [3.63, 3.8) is 0 Å². The molecule has 20 heavy (non-hydrogen) atoms. The number of aromatic nitrogens is 2. The third kappa shape index (κ3) is 2.42. The number of benzene rings is 1. The smallest absolute Gasteiger partial charge is 0.178 e. The van der Waals surface area contributed by atoms with Crippen LogP contribution in [0.3, 0.4) is 0 Å². The van der Waals surface area contributed by atoms with Gasteiger partial charge in [-0.25, -0.2) is 8.42 Å². The summed E-state index contributed by atoms with van der Waals surface area (Å²) >= 11 is 5.35. The Labute approximate surface area is 123 Å². The van der Waals surface area contributed by atoms with Gasteiger partial charge in [-0.2, -0.15) is 0 Å². The molecule has 0 bridgehead atoms. The van der Waals surface area contributed by atoms with Crippen LogP contribution in [0.5, 0.6) is 0 Å². The molecule has 1 aliphatic rings. The number of fused-ring (bicyclic) bond motifs is 1. The summed E-state index contributed by atoms with van der Waals surface area (Å²) in [6, 6.07) is 5.33. The average molecular weight is 310 g/mol. The minimum Gasteiger partial charge on any atom is -0.329 e. The van der Waals surface area contributed by atoms with E-state index in [9.17, 15) is 8.42 Å². The molecule has 0 atom stereocenters. The Hall–Kier alpha value is -1.14. The van der Waals surface area contributed by atoms with E-state index < -0.39 is 9.84 Å². The van der Waals surface area contributed by atoms with Gasteiger partial charge in [0.2, 0.25) is 0 Å². The predicted molar refractivity (Wildman–Crippen MR) is 82.2 cm³/mol. The van der Waals surface area contributed by atoms with Crippen molar-refractivity contribution in [3.05, 3.63) is 23.0 Å². The van der Waals surface area contributed by atoms with E-state index >= 15 is 0 Å². The third-order valence-electron chi connectivity index (χ3n) is 4.16. The number of sulfone groups is 1. The van der Waals surface area contributed by atoms with Gasteiger partial charge >= 0.3 is 0 Å². The van der Waals surface area contributed by atoms with Crippen molar-refractivity contribution in [1.82, 2.24) is 9.55 Å². The molecule has 4 nitrogen and oxygen atoms in total. The standard InChI is InChI=1S/C14H18N2O2S2/c1-20(17,18)12-7-3-6-11-13(12)15-14(19)16(11)9-8-10-4-2-5-10/h3,6-7,10H,2,4-5,8-9H2,1H3,(H,15,19). The predicted octanol–water partition coefficient (Wildman–Crippen LogP) is 3.29. The Balaban J connectivity index is 2.05. The molecule has 0 radical (unpaired) electrons. The van der Waals surface area contributed by atoms with Gasteiger partial charge in [0.05, 0.1) is 15.9 Å². The van der Waals surface area contributed by atoms with Crippen molar-refractivity contribution in [1.29, 1.82) is 0 Å². The van der Waals surface area contributed by atoms with Gasteiger partial charge in [0, 0.05) is 12.8 Å². The molecular weight excluding hydrogens is 292 g/mol. The van der Waals surface area contributed by atoms with Crippen LogP contribution in [0.4, 0.5) is 0 Å². The van der Waals surface area contributed by atoms with E-state index in [4.69, 9.17) is 12.2 Å². The molecule has 2 aromatic rings. The van der Waals surface area contributed by atoms with Gasteiger partial charge in [-0.3, -0.25) is 0 Å². The van der Waals surface area contributed by atoms with Crippen LogP contribution in [-0.2, 0) is 16.4 Å². The van der Waals surface area contributed by atoms with Crippen LogP contribution in [0.1, 0.15) is 25.7 Å². The number of nitrogens with zero attached hydrogens (tertiary/aromatic N) is 1. The maximum atomic E-state index is 11.8. The zero-order valence-corrected chi connectivity index (χ0v) is 13.1. The van der Waals surface area contributed by atoms with Gasteiger partial charge in [-0.05, 0) is 36.7 Å². The monoisotopic (exact) mass is 310 g/mol. The summed E-state index contributed by atoms with van der Waals surface area (Å²) < 4.78 is 26.3. The molecule has 1 aromatic carbocycles. The normalized spacial score (nSPS) is 16.4. The number of imidazole rings is 1. The highest BCUT2D eigenvalue weighted by Crippen LogP contribution is 2.30. The van der Waals surface area contributed by atoms with E-state index in [2.05, 4.69) is 4.98 Å². The van der Waals surface area contributed by atoms with E-state index in [0.29, 0.717) is 15.2 Å². The Kier molecular flexibility index (Phi) is 3.46. The van der Waals surface area contributed by atoms with Crippen LogP contribution in [0, 0.1) is 10.7 Å². The first-order valence-corrected chi connectivity index (χ1v) is 9.18. The van der Waals surface area contributed by atoms with Gasteiger partial charge in [-0.1, -0.05) is 25.3 Å². The molecule has 0 spiro atoms. The van der Waals surface area contributed by atoms with Gasteiger partial charge in [0.15, 0.2) is 14.6 Å². The third-order valence-corrected chi connectivity index (χ3v) is 5.62. The van der Waals surface area contributed by atoms with Gasteiger partial charge in [0.25, 0.3) is 0 Å². The maximum Gasteiger partial charge on any atom is 0.178 e. The molecule has 0 saturated heterocycles. The summed E-state index contributed by atoms with van der Waals surface area (Å²) in [4.78, 5) is 3.38. The number of rotatable bonds is 4.